The summed E-state index contributed by atoms with van der Waals surface area (Å²) in [5, 5.41) is 5.38. The van der Waals surface area contributed by atoms with Crippen LogP contribution < -0.4 is 15.4 Å². The van der Waals surface area contributed by atoms with Crippen LogP contribution in [0.3, 0.4) is 0 Å². The molecule has 0 radical (unpaired) electrons. The van der Waals surface area contributed by atoms with Crippen molar-refractivity contribution in [2.75, 3.05) is 26.8 Å². The minimum Gasteiger partial charge on any atom is -0.492 e. The molecule has 1 aliphatic heterocycles. The summed E-state index contributed by atoms with van der Waals surface area (Å²) in [5.74, 6) is -0.649. The van der Waals surface area contributed by atoms with E-state index in [2.05, 4.69) is 31.3 Å². The van der Waals surface area contributed by atoms with Crippen LogP contribution in [-0.2, 0) is 14.3 Å². The standard InChI is InChI=1S/C18H22BrN3O5S/c1-3-8-27-14-5-4-11(9-12(14)19)16(24)21-18(28)22-7-6-20-17(25)13(22)10-15(23)26-2/h4-5,9,13H,3,6-8,10H2,1-2H3,(H,20,25)(H,21,24,28). The summed E-state index contributed by atoms with van der Waals surface area (Å²) in [7, 11) is 1.25. The van der Waals surface area contributed by atoms with Gasteiger partial charge in [0, 0.05) is 18.7 Å². The predicted octanol–water partition coefficient (Wildman–Crippen LogP) is 1.62. The number of ether oxygens (including phenoxy) is 2. The molecular formula is C18H22BrN3O5S. The fourth-order valence-corrected chi connectivity index (χ4v) is 3.42. The Bertz CT molecular complexity index is 774. The van der Waals surface area contributed by atoms with E-state index in [9.17, 15) is 14.4 Å². The summed E-state index contributed by atoms with van der Waals surface area (Å²) in [4.78, 5) is 37.8. The van der Waals surface area contributed by atoms with Gasteiger partial charge in [0.15, 0.2) is 5.11 Å². The lowest BCUT2D eigenvalue weighted by Crippen LogP contribution is -2.60. The Kier molecular flexibility index (Phi) is 8.18. The molecule has 0 saturated carbocycles. The van der Waals surface area contributed by atoms with Crippen molar-refractivity contribution < 1.29 is 23.9 Å². The summed E-state index contributed by atoms with van der Waals surface area (Å²) in [6.07, 6.45) is 0.715. The lowest BCUT2D eigenvalue weighted by atomic mass is 10.1. The smallest absolute Gasteiger partial charge is 0.308 e. The molecule has 8 nitrogen and oxygen atoms in total. The Labute approximate surface area is 177 Å². The SMILES string of the molecule is CCCOc1ccc(C(=O)NC(=S)N2CCNC(=O)C2CC(=O)OC)cc1Br. The molecule has 28 heavy (non-hydrogen) atoms. The van der Waals surface area contributed by atoms with E-state index in [4.69, 9.17) is 17.0 Å². The van der Waals surface area contributed by atoms with Gasteiger partial charge in [-0.05, 0) is 52.8 Å². The van der Waals surface area contributed by atoms with Crippen LogP contribution in [0.25, 0.3) is 0 Å². The molecular weight excluding hydrogens is 450 g/mol. The molecule has 1 aromatic rings. The van der Waals surface area contributed by atoms with Crippen molar-refractivity contribution in [1.82, 2.24) is 15.5 Å². The zero-order valence-corrected chi connectivity index (χ0v) is 18.0. The maximum absolute atomic E-state index is 12.6. The Balaban J connectivity index is 2.07. The Morgan fingerprint density at radius 1 is 1.43 bits per heavy atom. The van der Waals surface area contributed by atoms with Crippen LogP contribution in [0.5, 0.6) is 5.75 Å². The molecule has 1 unspecified atom stereocenters. The number of rotatable bonds is 6. The van der Waals surface area contributed by atoms with Crippen LogP contribution in [0.15, 0.2) is 22.7 Å². The quantitative estimate of drug-likeness (QED) is 0.480. The van der Waals surface area contributed by atoms with E-state index in [0.29, 0.717) is 35.5 Å². The number of nitrogens with one attached hydrogen (secondary N) is 2. The molecule has 1 saturated heterocycles. The monoisotopic (exact) mass is 471 g/mol. The van der Waals surface area contributed by atoms with Crippen LogP contribution >= 0.6 is 28.1 Å². The average Bonchev–Trinajstić information content (AvgIpc) is 2.68. The fraction of sp³-hybridized carbons (Fsp3) is 0.444. The number of carbonyl (C=O) groups is 3. The number of esters is 1. The molecule has 2 amide bonds. The highest BCUT2D eigenvalue weighted by molar-refractivity contribution is 9.10. The van der Waals surface area contributed by atoms with Gasteiger partial charge in [0.2, 0.25) is 5.91 Å². The van der Waals surface area contributed by atoms with Crippen molar-refractivity contribution in [2.45, 2.75) is 25.8 Å². The van der Waals surface area contributed by atoms with E-state index < -0.39 is 17.9 Å². The maximum atomic E-state index is 12.6. The molecule has 0 bridgehead atoms. The summed E-state index contributed by atoms with van der Waals surface area (Å²) < 4.78 is 10.9. The molecule has 0 spiro atoms. The largest absolute Gasteiger partial charge is 0.492 e. The Morgan fingerprint density at radius 2 is 2.18 bits per heavy atom. The molecule has 0 aromatic heterocycles. The van der Waals surface area contributed by atoms with Gasteiger partial charge in [-0.25, -0.2) is 0 Å². The lowest BCUT2D eigenvalue weighted by molar-refractivity contribution is -0.144. The van der Waals surface area contributed by atoms with Gasteiger partial charge in [-0.2, -0.15) is 0 Å². The predicted molar refractivity (Wildman–Crippen MR) is 110 cm³/mol. The van der Waals surface area contributed by atoms with Gasteiger partial charge >= 0.3 is 5.97 Å². The van der Waals surface area contributed by atoms with Crippen LogP contribution in [0.2, 0.25) is 0 Å². The first-order chi connectivity index (χ1) is 13.4. The first kappa shape index (κ1) is 22.1. The van der Waals surface area contributed by atoms with Gasteiger partial charge in [-0.15, -0.1) is 0 Å². The normalized spacial score (nSPS) is 16.2. The molecule has 1 atom stereocenters. The topological polar surface area (TPSA) is 97.0 Å². The van der Waals surface area contributed by atoms with Gasteiger partial charge in [0.05, 0.1) is 24.6 Å². The van der Waals surface area contributed by atoms with Gasteiger partial charge in [0.25, 0.3) is 5.91 Å². The highest BCUT2D eigenvalue weighted by atomic mass is 79.9. The highest BCUT2D eigenvalue weighted by Gasteiger charge is 2.34. The van der Waals surface area contributed by atoms with Crippen LogP contribution in [0.1, 0.15) is 30.1 Å². The van der Waals surface area contributed by atoms with E-state index in [1.807, 2.05) is 6.92 Å². The van der Waals surface area contributed by atoms with Gasteiger partial charge in [0.1, 0.15) is 11.8 Å². The minimum atomic E-state index is -0.828. The third-order valence-corrected chi connectivity index (χ3v) is 5.01. The summed E-state index contributed by atoms with van der Waals surface area (Å²) in [6, 6.07) is 4.14. The van der Waals surface area contributed by atoms with Crippen LogP contribution in [0.4, 0.5) is 0 Å². The maximum Gasteiger partial charge on any atom is 0.308 e. The molecule has 1 aromatic carbocycles. The number of thiocarbonyl (C=S) groups is 1. The number of halogens is 1. The molecule has 152 valence electrons. The third-order valence-electron chi connectivity index (χ3n) is 4.06. The summed E-state index contributed by atoms with van der Waals surface area (Å²) in [5.41, 5.74) is 0.379. The number of methoxy groups -OCH3 is 1. The second-order valence-corrected chi connectivity index (χ2v) is 7.27. The number of nitrogens with zero attached hydrogens (tertiary/aromatic N) is 1. The zero-order valence-electron chi connectivity index (χ0n) is 15.6. The Hall–Kier alpha value is -2.20. The van der Waals surface area contributed by atoms with E-state index >= 15 is 0 Å². The first-order valence-corrected chi connectivity index (χ1v) is 9.96. The molecule has 2 N–H and O–H groups in total. The zero-order chi connectivity index (χ0) is 20.7. The third kappa shape index (κ3) is 5.65. The summed E-state index contributed by atoms with van der Waals surface area (Å²) >= 11 is 8.70. The number of carbonyl (C=O) groups excluding carboxylic acids is 3. The van der Waals surface area contributed by atoms with Crippen molar-refractivity contribution in [3.63, 3.8) is 0 Å². The number of hydrogen-bond acceptors (Lipinski definition) is 6. The summed E-state index contributed by atoms with van der Waals surface area (Å²) in [6.45, 7) is 3.32. The van der Waals surface area contributed by atoms with Crippen LogP contribution in [0, 0.1) is 0 Å². The van der Waals surface area contributed by atoms with Gasteiger partial charge in [-0.3, -0.25) is 19.7 Å². The van der Waals surface area contributed by atoms with Crippen molar-refractivity contribution in [3.8, 4) is 5.75 Å². The van der Waals surface area contributed by atoms with Crippen molar-refractivity contribution in [2.24, 2.45) is 0 Å². The first-order valence-electron chi connectivity index (χ1n) is 8.76. The van der Waals surface area contributed by atoms with Crippen LogP contribution in [-0.4, -0.2) is 60.6 Å². The highest BCUT2D eigenvalue weighted by Crippen LogP contribution is 2.26. The molecule has 1 fully saturated rings. The number of piperazine rings is 1. The van der Waals surface area contributed by atoms with E-state index in [-0.39, 0.29) is 17.4 Å². The minimum absolute atomic E-state index is 0.0798. The number of hydrogen-bond donors (Lipinski definition) is 2. The van der Waals surface area contributed by atoms with Gasteiger partial charge < -0.3 is 19.7 Å². The van der Waals surface area contributed by atoms with E-state index in [1.54, 1.807) is 18.2 Å². The molecule has 2 rings (SSSR count). The second-order valence-electron chi connectivity index (χ2n) is 6.03. The van der Waals surface area contributed by atoms with Crippen molar-refractivity contribution in [1.29, 1.82) is 0 Å². The molecule has 0 aliphatic carbocycles. The fourth-order valence-electron chi connectivity index (χ4n) is 2.61. The van der Waals surface area contributed by atoms with Crippen molar-refractivity contribution >= 4 is 51.0 Å². The molecule has 1 aliphatic rings. The van der Waals surface area contributed by atoms with E-state index in [1.165, 1.54) is 12.0 Å². The van der Waals surface area contributed by atoms with Crippen molar-refractivity contribution in [3.05, 3.63) is 28.2 Å². The molecule has 10 heteroatoms. The molecule has 1 heterocycles. The lowest BCUT2D eigenvalue weighted by Gasteiger charge is -2.36. The Morgan fingerprint density at radius 3 is 2.82 bits per heavy atom. The second kappa shape index (κ2) is 10.4. The van der Waals surface area contributed by atoms with E-state index in [0.717, 1.165) is 6.42 Å². The number of amides is 2. The van der Waals surface area contributed by atoms with Gasteiger partial charge in [-0.1, -0.05) is 6.92 Å². The average molecular weight is 472 g/mol. The number of benzene rings is 1.